The first-order valence-corrected chi connectivity index (χ1v) is 9.45. The van der Waals surface area contributed by atoms with E-state index in [0.29, 0.717) is 34.1 Å². The van der Waals surface area contributed by atoms with Crippen LogP contribution in [-0.2, 0) is 0 Å². The molecular formula is C25H22O6. The smallest absolute Gasteiger partial charge is 0.343 e. The zero-order chi connectivity index (χ0) is 22.2. The third-order valence-electron chi connectivity index (χ3n) is 4.52. The molecule has 0 amide bonds. The molecule has 0 unspecified atom stereocenters. The Kier molecular flexibility index (Phi) is 7.06. The van der Waals surface area contributed by atoms with Crippen LogP contribution in [0.1, 0.15) is 26.3 Å². The maximum absolute atomic E-state index is 12.5. The van der Waals surface area contributed by atoms with Crippen molar-refractivity contribution in [3.8, 4) is 23.0 Å². The van der Waals surface area contributed by atoms with Crippen LogP contribution in [0.5, 0.6) is 23.0 Å². The van der Waals surface area contributed by atoms with Crippen molar-refractivity contribution in [3.05, 3.63) is 89.5 Å². The van der Waals surface area contributed by atoms with Crippen LogP contribution in [0, 0.1) is 0 Å². The molecule has 6 nitrogen and oxygen atoms in total. The second-order valence-electron chi connectivity index (χ2n) is 6.45. The van der Waals surface area contributed by atoms with Gasteiger partial charge in [-0.1, -0.05) is 18.2 Å². The van der Waals surface area contributed by atoms with Crippen molar-refractivity contribution in [3.63, 3.8) is 0 Å². The summed E-state index contributed by atoms with van der Waals surface area (Å²) < 4.78 is 20.9. The monoisotopic (exact) mass is 418 g/mol. The summed E-state index contributed by atoms with van der Waals surface area (Å²) in [4.78, 5) is 24.8. The van der Waals surface area contributed by atoms with E-state index in [2.05, 4.69) is 0 Å². The number of hydrogen-bond donors (Lipinski definition) is 0. The molecule has 3 aromatic rings. The Bertz CT molecular complexity index is 1080. The molecule has 0 fully saturated rings. The summed E-state index contributed by atoms with van der Waals surface area (Å²) >= 11 is 0. The highest BCUT2D eigenvalue weighted by molar-refractivity contribution is 6.08. The summed E-state index contributed by atoms with van der Waals surface area (Å²) in [5.41, 5.74) is 1.64. The molecule has 0 N–H and O–H groups in total. The van der Waals surface area contributed by atoms with Crippen molar-refractivity contribution in [1.29, 1.82) is 0 Å². The van der Waals surface area contributed by atoms with E-state index in [4.69, 9.17) is 18.9 Å². The molecule has 158 valence electrons. The maximum Gasteiger partial charge on any atom is 0.343 e. The molecule has 0 atom stereocenters. The van der Waals surface area contributed by atoms with Crippen LogP contribution >= 0.6 is 0 Å². The van der Waals surface area contributed by atoms with Gasteiger partial charge >= 0.3 is 5.97 Å². The third-order valence-corrected chi connectivity index (χ3v) is 4.52. The summed E-state index contributed by atoms with van der Waals surface area (Å²) in [7, 11) is 4.61. The van der Waals surface area contributed by atoms with Crippen LogP contribution in [0.15, 0.2) is 72.8 Å². The van der Waals surface area contributed by atoms with Crippen LogP contribution in [0.3, 0.4) is 0 Å². The Balaban J connectivity index is 1.65. The predicted molar refractivity (Wildman–Crippen MR) is 117 cm³/mol. The van der Waals surface area contributed by atoms with Crippen LogP contribution < -0.4 is 18.9 Å². The van der Waals surface area contributed by atoms with Crippen molar-refractivity contribution in [1.82, 2.24) is 0 Å². The number of methoxy groups -OCH3 is 3. The highest BCUT2D eigenvalue weighted by Crippen LogP contribution is 2.25. The van der Waals surface area contributed by atoms with Crippen LogP contribution in [-0.4, -0.2) is 33.1 Å². The molecule has 31 heavy (non-hydrogen) atoms. The van der Waals surface area contributed by atoms with Gasteiger partial charge in [-0.2, -0.15) is 0 Å². The fourth-order valence-electron chi connectivity index (χ4n) is 2.80. The van der Waals surface area contributed by atoms with Crippen molar-refractivity contribution < 1.29 is 28.5 Å². The van der Waals surface area contributed by atoms with Crippen molar-refractivity contribution in [2.45, 2.75) is 0 Å². The third kappa shape index (κ3) is 5.51. The first-order chi connectivity index (χ1) is 15.0. The lowest BCUT2D eigenvalue weighted by molar-refractivity contribution is 0.0734. The number of rotatable bonds is 8. The molecule has 0 saturated carbocycles. The molecule has 0 spiro atoms. The Hall–Kier alpha value is -4.06. The zero-order valence-corrected chi connectivity index (χ0v) is 17.5. The first-order valence-electron chi connectivity index (χ1n) is 9.45. The van der Waals surface area contributed by atoms with Gasteiger partial charge in [0.25, 0.3) is 0 Å². The van der Waals surface area contributed by atoms with Gasteiger partial charge in [-0.05, 0) is 60.2 Å². The van der Waals surface area contributed by atoms with E-state index in [1.54, 1.807) is 87.0 Å². The largest absolute Gasteiger partial charge is 0.497 e. The normalized spacial score (nSPS) is 10.5. The fourth-order valence-corrected chi connectivity index (χ4v) is 2.80. The molecule has 0 aliphatic carbocycles. The molecule has 0 aliphatic rings. The molecule has 3 rings (SSSR count). The van der Waals surface area contributed by atoms with Crippen molar-refractivity contribution >= 4 is 17.8 Å². The van der Waals surface area contributed by atoms with Gasteiger partial charge in [-0.15, -0.1) is 0 Å². The summed E-state index contributed by atoms with van der Waals surface area (Å²) in [6.45, 7) is 0. The van der Waals surface area contributed by atoms with Gasteiger partial charge in [0.05, 0.1) is 32.5 Å². The summed E-state index contributed by atoms with van der Waals surface area (Å²) in [5.74, 6) is 1.45. The fraction of sp³-hybridized carbons (Fsp3) is 0.120. The van der Waals surface area contributed by atoms with Crippen LogP contribution in [0.2, 0.25) is 0 Å². The van der Waals surface area contributed by atoms with Crippen molar-refractivity contribution in [2.75, 3.05) is 21.3 Å². The average Bonchev–Trinajstić information content (AvgIpc) is 2.82. The number of ether oxygens (including phenoxy) is 4. The van der Waals surface area contributed by atoms with E-state index in [9.17, 15) is 9.59 Å². The van der Waals surface area contributed by atoms with E-state index >= 15 is 0 Å². The molecule has 0 radical (unpaired) electrons. The van der Waals surface area contributed by atoms with E-state index < -0.39 is 5.97 Å². The van der Waals surface area contributed by atoms with Gasteiger partial charge in [0.15, 0.2) is 5.78 Å². The molecule has 0 aromatic heterocycles. The van der Waals surface area contributed by atoms with Gasteiger partial charge in [-0.3, -0.25) is 4.79 Å². The van der Waals surface area contributed by atoms with Crippen molar-refractivity contribution in [2.24, 2.45) is 0 Å². The number of allylic oxidation sites excluding steroid dienone is 1. The Morgan fingerprint density at radius 2 is 1.32 bits per heavy atom. The van der Waals surface area contributed by atoms with Crippen LogP contribution in [0.25, 0.3) is 6.08 Å². The molecule has 0 aliphatic heterocycles. The van der Waals surface area contributed by atoms with E-state index in [1.165, 1.54) is 13.2 Å². The number of carbonyl (C=O) groups is 2. The maximum atomic E-state index is 12.5. The number of carbonyl (C=O) groups excluding carboxylic acids is 2. The highest BCUT2D eigenvalue weighted by atomic mass is 16.5. The average molecular weight is 418 g/mol. The van der Waals surface area contributed by atoms with Gasteiger partial charge < -0.3 is 18.9 Å². The van der Waals surface area contributed by atoms with E-state index in [-0.39, 0.29) is 5.78 Å². The molecular weight excluding hydrogens is 396 g/mol. The lowest BCUT2D eigenvalue weighted by Gasteiger charge is -2.08. The van der Waals surface area contributed by atoms with Gasteiger partial charge in [-0.25, -0.2) is 4.79 Å². The van der Waals surface area contributed by atoms with Gasteiger partial charge in [0.1, 0.15) is 23.0 Å². The number of benzene rings is 3. The first kappa shape index (κ1) is 21.6. The number of hydrogen-bond acceptors (Lipinski definition) is 6. The SMILES string of the molecule is COc1ccc(C(=O)Oc2ccc(C=CC(=O)c3ccc(OC)cc3OC)cc2)cc1. The minimum atomic E-state index is -0.465. The Morgan fingerprint density at radius 3 is 1.94 bits per heavy atom. The van der Waals surface area contributed by atoms with E-state index in [0.717, 1.165) is 5.56 Å². The molecule has 0 heterocycles. The molecule has 3 aromatic carbocycles. The molecule has 0 bridgehead atoms. The highest BCUT2D eigenvalue weighted by Gasteiger charge is 2.11. The lowest BCUT2D eigenvalue weighted by atomic mass is 10.1. The zero-order valence-electron chi connectivity index (χ0n) is 17.5. The minimum absolute atomic E-state index is 0.200. The summed E-state index contributed by atoms with van der Waals surface area (Å²) in [6.07, 6.45) is 3.14. The topological polar surface area (TPSA) is 71.1 Å². The number of ketones is 1. The van der Waals surface area contributed by atoms with Gasteiger partial charge in [0, 0.05) is 6.07 Å². The lowest BCUT2D eigenvalue weighted by Crippen LogP contribution is -2.08. The standard InChI is InChI=1S/C25H22O6/c1-28-19-11-7-18(8-12-19)25(27)31-20-9-4-17(5-10-20)6-15-23(26)22-14-13-21(29-2)16-24(22)30-3/h4-16H,1-3H3. The minimum Gasteiger partial charge on any atom is -0.497 e. The summed E-state index contributed by atoms with van der Waals surface area (Å²) in [5, 5.41) is 0. The quantitative estimate of drug-likeness (QED) is 0.226. The Labute approximate surface area is 180 Å². The molecule has 0 saturated heterocycles. The van der Waals surface area contributed by atoms with Gasteiger partial charge in [0.2, 0.25) is 0 Å². The molecule has 6 heteroatoms. The van der Waals surface area contributed by atoms with Crippen LogP contribution in [0.4, 0.5) is 0 Å². The predicted octanol–water partition coefficient (Wildman–Crippen LogP) is 4.83. The van der Waals surface area contributed by atoms with E-state index in [1.807, 2.05) is 0 Å². The number of esters is 1. The second kappa shape index (κ2) is 10.1. The second-order valence-corrected chi connectivity index (χ2v) is 6.45. The summed E-state index contributed by atoms with van der Waals surface area (Å²) in [6, 6.07) is 18.5. The Morgan fingerprint density at radius 1 is 0.710 bits per heavy atom.